The van der Waals surface area contributed by atoms with E-state index in [9.17, 15) is 18.0 Å². The molecule has 0 aliphatic carbocycles. The molecule has 0 N–H and O–H groups in total. The van der Waals surface area contributed by atoms with Crippen LogP contribution in [0.25, 0.3) is 0 Å². The molecule has 0 radical (unpaired) electrons. The number of ether oxygens (including phenoxy) is 1. The molecule has 0 aliphatic heterocycles. The van der Waals surface area contributed by atoms with Crippen molar-refractivity contribution in [2.45, 2.75) is 12.8 Å². The van der Waals surface area contributed by atoms with Crippen molar-refractivity contribution in [2.24, 2.45) is 0 Å². The molecule has 0 bridgehead atoms. The topological polar surface area (TPSA) is 26.3 Å². The largest absolute Gasteiger partial charge is 0.461 e. The van der Waals surface area contributed by atoms with Gasteiger partial charge < -0.3 is 4.74 Å². The van der Waals surface area contributed by atoms with Crippen molar-refractivity contribution >= 4 is 21.9 Å². The Hall–Kier alpha value is -1.04. The normalized spacial score (nSPS) is 11.3. The maximum atomic E-state index is 13.4. The molecule has 0 unspecified atom stereocenters. The van der Waals surface area contributed by atoms with E-state index < -0.39 is 23.3 Å². The highest BCUT2D eigenvalue weighted by atomic mass is 79.9. The monoisotopic (exact) mass is 296 g/mol. The lowest BCUT2D eigenvalue weighted by molar-refractivity contribution is -0.173. The van der Waals surface area contributed by atoms with Crippen LogP contribution in [-0.2, 0) is 15.5 Å². The molecule has 0 aliphatic rings. The Bertz CT molecular complexity index is 407. The number of carbonyl (C=O) groups is 1. The highest BCUT2D eigenvalue weighted by Gasteiger charge is 2.42. The van der Waals surface area contributed by atoms with Crippen molar-refractivity contribution in [3.63, 3.8) is 0 Å². The zero-order chi connectivity index (χ0) is 12.3. The summed E-state index contributed by atoms with van der Waals surface area (Å²) in [6, 6.07) is 2.67. The number of hydrogen-bond acceptors (Lipinski definition) is 2. The molecule has 1 aromatic rings. The van der Waals surface area contributed by atoms with Gasteiger partial charge >= 0.3 is 11.9 Å². The molecule has 16 heavy (non-hydrogen) atoms. The standard InChI is InChI=1S/C10H8BrF3O2/c1-2-16-9(15)10(13,14)6-3-4-7(11)8(12)5-6/h3-5H,2H2,1H3. The Morgan fingerprint density at radius 1 is 1.50 bits per heavy atom. The van der Waals surface area contributed by atoms with Crippen LogP contribution in [0.5, 0.6) is 0 Å². The first-order valence-electron chi connectivity index (χ1n) is 4.40. The summed E-state index contributed by atoms with van der Waals surface area (Å²) in [7, 11) is 0. The fourth-order valence-corrected chi connectivity index (χ4v) is 1.28. The van der Waals surface area contributed by atoms with E-state index in [4.69, 9.17) is 0 Å². The highest BCUT2D eigenvalue weighted by Crippen LogP contribution is 2.31. The van der Waals surface area contributed by atoms with Crippen LogP contribution in [0.3, 0.4) is 0 Å². The number of rotatable bonds is 3. The molecule has 0 amide bonds. The van der Waals surface area contributed by atoms with Crippen LogP contribution < -0.4 is 0 Å². The molecule has 0 heterocycles. The predicted molar refractivity (Wildman–Crippen MR) is 54.6 cm³/mol. The zero-order valence-electron chi connectivity index (χ0n) is 8.27. The summed E-state index contributed by atoms with van der Waals surface area (Å²) in [4.78, 5) is 11.0. The molecule has 0 saturated carbocycles. The quantitative estimate of drug-likeness (QED) is 0.801. The van der Waals surface area contributed by atoms with Crippen LogP contribution in [0.1, 0.15) is 12.5 Å². The van der Waals surface area contributed by atoms with Gasteiger partial charge in [-0.15, -0.1) is 0 Å². The van der Waals surface area contributed by atoms with E-state index in [0.717, 1.165) is 12.1 Å². The summed E-state index contributed by atoms with van der Waals surface area (Å²) in [5.74, 6) is -6.38. The van der Waals surface area contributed by atoms with E-state index >= 15 is 0 Å². The van der Waals surface area contributed by atoms with Crippen molar-refractivity contribution in [2.75, 3.05) is 6.61 Å². The molecule has 88 valence electrons. The molecular weight excluding hydrogens is 289 g/mol. The molecule has 6 heteroatoms. The molecular formula is C10H8BrF3O2. The van der Waals surface area contributed by atoms with E-state index in [1.54, 1.807) is 0 Å². The fraction of sp³-hybridized carbons (Fsp3) is 0.300. The Morgan fingerprint density at radius 3 is 2.62 bits per heavy atom. The first-order chi connectivity index (χ1) is 7.39. The first kappa shape index (κ1) is 13.0. The second kappa shape index (κ2) is 4.86. The third kappa shape index (κ3) is 2.55. The minimum Gasteiger partial charge on any atom is -0.461 e. The molecule has 0 saturated heterocycles. The van der Waals surface area contributed by atoms with Crippen LogP contribution >= 0.6 is 15.9 Å². The van der Waals surface area contributed by atoms with Gasteiger partial charge in [0.15, 0.2) is 0 Å². The Labute approximate surface area is 98.5 Å². The van der Waals surface area contributed by atoms with Crippen molar-refractivity contribution in [1.82, 2.24) is 0 Å². The second-order valence-corrected chi connectivity index (χ2v) is 3.78. The molecule has 0 spiro atoms. The minimum atomic E-state index is -3.84. The van der Waals surface area contributed by atoms with E-state index in [0.29, 0.717) is 6.07 Å². The van der Waals surface area contributed by atoms with E-state index in [1.165, 1.54) is 6.92 Å². The van der Waals surface area contributed by atoms with Crippen molar-refractivity contribution in [3.8, 4) is 0 Å². The van der Waals surface area contributed by atoms with E-state index in [-0.39, 0.29) is 11.1 Å². The molecule has 0 fully saturated rings. The van der Waals surface area contributed by atoms with Crippen LogP contribution in [-0.4, -0.2) is 12.6 Å². The number of esters is 1. The van der Waals surface area contributed by atoms with Gasteiger partial charge in [-0.1, -0.05) is 6.07 Å². The van der Waals surface area contributed by atoms with Crippen molar-refractivity contribution in [1.29, 1.82) is 0 Å². The molecule has 0 atom stereocenters. The van der Waals surface area contributed by atoms with Gasteiger partial charge in [-0.2, -0.15) is 8.78 Å². The minimum absolute atomic E-state index is 0.0518. The SMILES string of the molecule is CCOC(=O)C(F)(F)c1ccc(Br)c(F)c1. The van der Waals surface area contributed by atoms with Gasteiger partial charge in [0.2, 0.25) is 0 Å². The predicted octanol–water partition coefficient (Wildman–Crippen LogP) is 3.24. The van der Waals surface area contributed by atoms with Gasteiger partial charge in [0.25, 0.3) is 0 Å². The summed E-state index contributed by atoms with van der Waals surface area (Å²) >= 11 is 2.83. The number of benzene rings is 1. The smallest absolute Gasteiger partial charge is 0.381 e. The number of hydrogen-bond donors (Lipinski definition) is 0. The molecule has 1 aromatic carbocycles. The highest BCUT2D eigenvalue weighted by molar-refractivity contribution is 9.10. The second-order valence-electron chi connectivity index (χ2n) is 2.92. The number of halogens is 4. The van der Waals surface area contributed by atoms with Crippen LogP contribution in [0.15, 0.2) is 22.7 Å². The average Bonchev–Trinajstić information content (AvgIpc) is 2.22. The van der Waals surface area contributed by atoms with Crippen molar-refractivity contribution in [3.05, 3.63) is 34.1 Å². The van der Waals surface area contributed by atoms with Crippen LogP contribution in [0.2, 0.25) is 0 Å². The molecule has 1 rings (SSSR count). The Morgan fingerprint density at radius 2 is 2.12 bits per heavy atom. The number of alkyl halides is 2. The fourth-order valence-electron chi connectivity index (χ4n) is 1.03. The van der Waals surface area contributed by atoms with Crippen molar-refractivity contribution < 1.29 is 22.7 Å². The summed E-state index contributed by atoms with van der Waals surface area (Å²) in [6.07, 6.45) is 0. The lowest BCUT2D eigenvalue weighted by atomic mass is 10.1. The maximum absolute atomic E-state index is 13.4. The maximum Gasteiger partial charge on any atom is 0.381 e. The Kier molecular flexibility index (Phi) is 3.96. The van der Waals surface area contributed by atoms with Gasteiger partial charge in [0.1, 0.15) is 5.82 Å². The summed E-state index contributed by atoms with van der Waals surface area (Å²) in [6.45, 7) is 1.25. The van der Waals surface area contributed by atoms with Gasteiger partial charge in [0, 0.05) is 5.56 Å². The number of carbonyl (C=O) groups excluding carboxylic acids is 1. The van der Waals surface area contributed by atoms with Crippen LogP contribution in [0.4, 0.5) is 13.2 Å². The molecule has 2 nitrogen and oxygen atoms in total. The Balaban J connectivity index is 3.06. The summed E-state index contributed by atoms with van der Waals surface area (Å²) in [5.41, 5.74) is -0.730. The third-order valence-corrected chi connectivity index (χ3v) is 2.46. The average molecular weight is 297 g/mol. The third-order valence-electron chi connectivity index (χ3n) is 1.81. The lowest BCUT2D eigenvalue weighted by Gasteiger charge is -2.14. The first-order valence-corrected chi connectivity index (χ1v) is 5.19. The van der Waals surface area contributed by atoms with Gasteiger partial charge in [-0.25, -0.2) is 9.18 Å². The van der Waals surface area contributed by atoms with E-state index in [2.05, 4.69) is 20.7 Å². The summed E-state index contributed by atoms with van der Waals surface area (Å²) in [5, 5.41) is 0. The van der Waals surface area contributed by atoms with Gasteiger partial charge in [0.05, 0.1) is 11.1 Å². The summed E-state index contributed by atoms with van der Waals surface area (Å²) < 4.78 is 44.1. The van der Waals surface area contributed by atoms with E-state index in [1.807, 2.05) is 0 Å². The van der Waals surface area contributed by atoms with Crippen LogP contribution in [0, 0.1) is 5.82 Å². The van der Waals surface area contributed by atoms with Gasteiger partial charge in [-0.05, 0) is 35.0 Å². The molecule has 0 aromatic heterocycles. The lowest BCUT2D eigenvalue weighted by Crippen LogP contribution is -2.28. The zero-order valence-corrected chi connectivity index (χ0v) is 9.85. The van der Waals surface area contributed by atoms with Gasteiger partial charge in [-0.3, -0.25) is 0 Å².